The summed E-state index contributed by atoms with van der Waals surface area (Å²) in [7, 11) is 0. The second-order valence-corrected chi connectivity index (χ2v) is 7.67. The number of nitro groups is 1. The van der Waals surface area contributed by atoms with Crippen molar-refractivity contribution in [2.75, 3.05) is 4.90 Å². The van der Waals surface area contributed by atoms with Gasteiger partial charge in [-0.25, -0.2) is 9.69 Å². The Balaban J connectivity index is 1.43. The molecule has 2 bridgehead atoms. The fourth-order valence-corrected chi connectivity index (χ4v) is 4.78. The number of imide groups is 1. The fraction of sp³-hybridized carbons (Fsp3) is 0.227. The van der Waals surface area contributed by atoms with Crippen molar-refractivity contribution in [2.24, 2.45) is 23.7 Å². The van der Waals surface area contributed by atoms with E-state index in [4.69, 9.17) is 4.74 Å². The number of ether oxygens (including phenoxy) is 1. The first kappa shape index (κ1) is 18.2. The molecule has 5 rings (SSSR count). The smallest absolute Gasteiger partial charge is 0.345 e. The van der Waals surface area contributed by atoms with Crippen LogP contribution in [0.4, 0.5) is 11.4 Å². The molecule has 2 fully saturated rings. The van der Waals surface area contributed by atoms with E-state index < -0.39 is 10.9 Å². The Morgan fingerprint density at radius 3 is 2.17 bits per heavy atom. The molecule has 1 saturated heterocycles. The van der Waals surface area contributed by atoms with E-state index in [1.807, 2.05) is 12.2 Å². The van der Waals surface area contributed by atoms with E-state index >= 15 is 0 Å². The number of hydrogen-bond acceptors (Lipinski definition) is 6. The molecule has 1 saturated carbocycles. The van der Waals surface area contributed by atoms with Crippen LogP contribution in [-0.2, 0) is 9.59 Å². The Morgan fingerprint density at radius 2 is 1.57 bits per heavy atom. The summed E-state index contributed by atoms with van der Waals surface area (Å²) >= 11 is 0. The summed E-state index contributed by atoms with van der Waals surface area (Å²) in [5.74, 6) is -1.79. The third kappa shape index (κ3) is 2.64. The van der Waals surface area contributed by atoms with Gasteiger partial charge in [0.1, 0.15) is 5.75 Å². The monoisotopic (exact) mass is 404 g/mol. The van der Waals surface area contributed by atoms with Crippen molar-refractivity contribution in [3.63, 3.8) is 0 Å². The van der Waals surface area contributed by atoms with Gasteiger partial charge in [0.25, 0.3) is 5.69 Å². The van der Waals surface area contributed by atoms with Gasteiger partial charge in [-0.1, -0.05) is 24.3 Å². The Hall–Kier alpha value is -3.81. The van der Waals surface area contributed by atoms with Crippen molar-refractivity contribution in [1.29, 1.82) is 0 Å². The molecular formula is C22H16N2O6. The predicted molar refractivity (Wildman–Crippen MR) is 105 cm³/mol. The molecule has 0 N–H and O–H groups in total. The molecule has 1 aliphatic heterocycles. The second-order valence-electron chi connectivity index (χ2n) is 7.67. The quantitative estimate of drug-likeness (QED) is 0.194. The van der Waals surface area contributed by atoms with Gasteiger partial charge in [0.15, 0.2) is 0 Å². The molecule has 2 aromatic rings. The largest absolute Gasteiger partial charge is 0.423 e. The van der Waals surface area contributed by atoms with Gasteiger partial charge < -0.3 is 4.74 Å². The molecule has 2 aromatic carbocycles. The molecule has 0 aromatic heterocycles. The molecule has 0 radical (unpaired) electrons. The standard InChI is InChI=1S/C22H16N2O6/c25-20-18-12-5-6-13(11-12)19(18)21(26)23(20)17-4-2-1-3-16(17)22(27)30-15-9-7-14(8-10-15)24(28)29/h1-10,12-13,18-19H,11H2/t12-,13-,18+,19+/m0/s1. The van der Waals surface area contributed by atoms with Crippen molar-refractivity contribution in [3.05, 3.63) is 76.4 Å². The van der Waals surface area contributed by atoms with E-state index in [-0.39, 0.29) is 58.2 Å². The number of carbonyl (C=O) groups excluding carboxylic acids is 3. The molecule has 2 aliphatic carbocycles. The fourth-order valence-electron chi connectivity index (χ4n) is 4.78. The molecular weight excluding hydrogens is 388 g/mol. The van der Waals surface area contributed by atoms with Crippen molar-refractivity contribution in [2.45, 2.75) is 6.42 Å². The predicted octanol–water partition coefficient (Wildman–Crippen LogP) is 3.13. The maximum Gasteiger partial charge on any atom is 0.345 e. The minimum absolute atomic E-state index is 0.0701. The number of nitrogens with zero attached hydrogens (tertiary/aromatic N) is 2. The summed E-state index contributed by atoms with van der Waals surface area (Å²) in [6.45, 7) is 0. The van der Waals surface area contributed by atoms with E-state index in [2.05, 4.69) is 0 Å². The highest BCUT2D eigenvalue weighted by atomic mass is 16.6. The maximum absolute atomic E-state index is 13.1. The zero-order valence-corrected chi connectivity index (χ0v) is 15.6. The minimum atomic E-state index is -0.752. The Morgan fingerprint density at radius 1 is 0.967 bits per heavy atom. The molecule has 8 nitrogen and oxygen atoms in total. The third-order valence-corrected chi connectivity index (χ3v) is 6.09. The van der Waals surface area contributed by atoms with Gasteiger partial charge in [0.05, 0.1) is 28.0 Å². The first-order valence-electron chi connectivity index (χ1n) is 9.57. The highest BCUT2D eigenvalue weighted by Crippen LogP contribution is 2.53. The van der Waals surface area contributed by atoms with Crippen LogP contribution in [0.15, 0.2) is 60.7 Å². The number of rotatable bonds is 4. The molecule has 3 aliphatic rings. The number of carbonyl (C=O) groups is 3. The van der Waals surface area contributed by atoms with Crippen molar-refractivity contribution in [3.8, 4) is 5.75 Å². The van der Waals surface area contributed by atoms with Crippen LogP contribution in [-0.4, -0.2) is 22.7 Å². The number of hydrogen-bond donors (Lipinski definition) is 0. The molecule has 30 heavy (non-hydrogen) atoms. The Kier molecular flexibility index (Phi) is 4.02. The number of benzene rings is 2. The molecule has 2 amide bonds. The van der Waals surface area contributed by atoms with Crippen LogP contribution in [0.1, 0.15) is 16.8 Å². The first-order chi connectivity index (χ1) is 14.5. The number of para-hydroxylation sites is 1. The van der Waals surface area contributed by atoms with Crippen LogP contribution in [0, 0.1) is 33.8 Å². The van der Waals surface area contributed by atoms with Gasteiger partial charge in [-0.05, 0) is 42.5 Å². The van der Waals surface area contributed by atoms with E-state index in [0.29, 0.717) is 0 Å². The molecule has 1 heterocycles. The third-order valence-electron chi connectivity index (χ3n) is 6.09. The van der Waals surface area contributed by atoms with Crippen LogP contribution in [0.2, 0.25) is 0 Å². The number of amides is 2. The van der Waals surface area contributed by atoms with E-state index in [1.165, 1.54) is 30.3 Å². The van der Waals surface area contributed by atoms with Gasteiger partial charge >= 0.3 is 5.97 Å². The van der Waals surface area contributed by atoms with Crippen LogP contribution in [0.25, 0.3) is 0 Å². The van der Waals surface area contributed by atoms with Crippen LogP contribution >= 0.6 is 0 Å². The lowest BCUT2D eigenvalue weighted by Crippen LogP contribution is -2.34. The lowest BCUT2D eigenvalue weighted by atomic mass is 9.85. The van der Waals surface area contributed by atoms with Crippen LogP contribution in [0.3, 0.4) is 0 Å². The SMILES string of the molecule is O=C(Oc1ccc([N+](=O)[O-])cc1)c1ccccc1N1C(=O)[C@H]2[C@H](C1=O)[C@H]1C=C[C@H]2C1. The van der Waals surface area contributed by atoms with Gasteiger partial charge in [0.2, 0.25) is 11.8 Å². The van der Waals surface area contributed by atoms with Crippen molar-refractivity contribution in [1.82, 2.24) is 0 Å². The summed E-state index contributed by atoms with van der Waals surface area (Å²) < 4.78 is 5.33. The van der Waals surface area contributed by atoms with E-state index in [0.717, 1.165) is 11.3 Å². The van der Waals surface area contributed by atoms with Crippen molar-refractivity contribution < 1.29 is 24.0 Å². The number of allylic oxidation sites excluding steroid dienone is 2. The summed E-state index contributed by atoms with van der Waals surface area (Å²) in [4.78, 5) is 50.3. The lowest BCUT2D eigenvalue weighted by molar-refractivity contribution is -0.384. The second kappa shape index (κ2) is 6.62. The lowest BCUT2D eigenvalue weighted by Gasteiger charge is -2.19. The average molecular weight is 404 g/mol. The Labute approximate surface area is 170 Å². The van der Waals surface area contributed by atoms with E-state index in [1.54, 1.807) is 18.2 Å². The highest BCUT2D eigenvalue weighted by molar-refractivity contribution is 6.24. The van der Waals surface area contributed by atoms with Gasteiger partial charge in [-0.15, -0.1) is 0 Å². The normalized spacial score (nSPS) is 26.2. The number of anilines is 1. The first-order valence-corrected chi connectivity index (χ1v) is 9.57. The van der Waals surface area contributed by atoms with Gasteiger partial charge in [0, 0.05) is 12.1 Å². The average Bonchev–Trinajstić information content (AvgIpc) is 3.42. The number of esters is 1. The highest BCUT2D eigenvalue weighted by Gasteiger charge is 2.59. The summed E-state index contributed by atoms with van der Waals surface area (Å²) in [5, 5.41) is 10.8. The summed E-state index contributed by atoms with van der Waals surface area (Å²) in [5.41, 5.74) is 0.157. The van der Waals surface area contributed by atoms with Crippen molar-refractivity contribution >= 4 is 29.2 Å². The molecule has 150 valence electrons. The number of nitro benzene ring substituents is 1. The van der Waals surface area contributed by atoms with Crippen LogP contribution < -0.4 is 9.64 Å². The van der Waals surface area contributed by atoms with E-state index in [9.17, 15) is 24.5 Å². The molecule has 4 atom stereocenters. The number of non-ortho nitro benzene ring substituents is 1. The zero-order valence-electron chi connectivity index (χ0n) is 15.6. The summed E-state index contributed by atoms with van der Waals surface area (Å²) in [6, 6.07) is 11.4. The summed E-state index contributed by atoms with van der Waals surface area (Å²) in [6.07, 6.45) is 4.84. The topological polar surface area (TPSA) is 107 Å². The van der Waals surface area contributed by atoms with Crippen LogP contribution in [0.5, 0.6) is 5.75 Å². The Bertz CT molecular complexity index is 1090. The maximum atomic E-state index is 13.1. The van der Waals surface area contributed by atoms with Gasteiger partial charge in [-0.3, -0.25) is 19.7 Å². The molecule has 0 spiro atoms. The van der Waals surface area contributed by atoms with Gasteiger partial charge in [-0.2, -0.15) is 0 Å². The number of fused-ring (bicyclic) bond motifs is 5. The minimum Gasteiger partial charge on any atom is -0.423 e. The zero-order chi connectivity index (χ0) is 21.0. The molecule has 8 heteroatoms. The molecule has 0 unspecified atom stereocenters.